The van der Waals surface area contributed by atoms with Gasteiger partial charge in [-0.25, -0.2) is 4.79 Å². The lowest BCUT2D eigenvalue weighted by atomic mass is 10.0. The van der Waals surface area contributed by atoms with Crippen molar-refractivity contribution in [1.82, 2.24) is 0 Å². The van der Waals surface area contributed by atoms with E-state index in [1.54, 1.807) is 0 Å². The van der Waals surface area contributed by atoms with Crippen molar-refractivity contribution in [2.45, 2.75) is 95.5 Å². The van der Waals surface area contributed by atoms with Crippen LogP contribution in [0.25, 0.3) is 0 Å². The monoisotopic (exact) mass is 364 g/mol. The Bertz CT molecular complexity index is 325. The standard InChI is InChI=1S/C18H36O7/c1-2-3-4-5-6-7-8-9-10-11-12-25-18(24)17(23)16(22)15(21)14(20)13-19/h14-17,19-23H,2-13H2,1H3. The van der Waals surface area contributed by atoms with Crippen molar-refractivity contribution < 1.29 is 35.1 Å². The van der Waals surface area contributed by atoms with E-state index in [0.717, 1.165) is 19.3 Å². The Morgan fingerprint density at radius 2 is 1.28 bits per heavy atom. The maximum absolute atomic E-state index is 11.6. The van der Waals surface area contributed by atoms with Crippen molar-refractivity contribution in [2.75, 3.05) is 13.2 Å². The van der Waals surface area contributed by atoms with Crippen LogP contribution in [-0.2, 0) is 9.53 Å². The summed E-state index contributed by atoms with van der Waals surface area (Å²) in [6, 6.07) is 0. The van der Waals surface area contributed by atoms with Gasteiger partial charge in [0, 0.05) is 0 Å². The van der Waals surface area contributed by atoms with Gasteiger partial charge >= 0.3 is 5.97 Å². The van der Waals surface area contributed by atoms with E-state index >= 15 is 0 Å². The summed E-state index contributed by atoms with van der Waals surface area (Å²) in [6.07, 6.45) is 4.14. The van der Waals surface area contributed by atoms with Gasteiger partial charge in [0.15, 0.2) is 6.10 Å². The van der Waals surface area contributed by atoms with Crippen LogP contribution >= 0.6 is 0 Å². The molecule has 4 atom stereocenters. The fourth-order valence-corrected chi connectivity index (χ4v) is 2.51. The van der Waals surface area contributed by atoms with E-state index in [4.69, 9.17) is 9.84 Å². The molecule has 150 valence electrons. The Hall–Kier alpha value is -0.730. The van der Waals surface area contributed by atoms with E-state index in [9.17, 15) is 25.2 Å². The summed E-state index contributed by atoms with van der Waals surface area (Å²) in [5.41, 5.74) is 0. The summed E-state index contributed by atoms with van der Waals surface area (Å²) in [5, 5.41) is 46.4. The first-order chi connectivity index (χ1) is 12.0. The molecule has 7 heteroatoms. The highest BCUT2D eigenvalue weighted by Crippen LogP contribution is 2.11. The van der Waals surface area contributed by atoms with Crippen molar-refractivity contribution in [3.63, 3.8) is 0 Å². The zero-order valence-corrected chi connectivity index (χ0v) is 15.3. The maximum atomic E-state index is 11.6. The third kappa shape index (κ3) is 11.5. The quantitative estimate of drug-likeness (QED) is 0.203. The van der Waals surface area contributed by atoms with E-state index in [1.807, 2.05) is 0 Å². The van der Waals surface area contributed by atoms with Crippen molar-refractivity contribution in [2.24, 2.45) is 0 Å². The van der Waals surface area contributed by atoms with E-state index < -0.39 is 37.0 Å². The lowest BCUT2D eigenvalue weighted by Crippen LogP contribution is -2.49. The third-order valence-electron chi connectivity index (χ3n) is 4.24. The molecule has 0 saturated carbocycles. The highest BCUT2D eigenvalue weighted by molar-refractivity contribution is 5.75. The summed E-state index contributed by atoms with van der Waals surface area (Å²) in [6.45, 7) is 1.55. The number of hydrogen-bond donors (Lipinski definition) is 5. The molecule has 25 heavy (non-hydrogen) atoms. The second-order valence-electron chi connectivity index (χ2n) is 6.53. The summed E-state index contributed by atoms with van der Waals surface area (Å²) >= 11 is 0. The molecule has 0 radical (unpaired) electrons. The minimum atomic E-state index is -1.96. The molecule has 0 spiro atoms. The van der Waals surface area contributed by atoms with Crippen LogP contribution in [0.3, 0.4) is 0 Å². The van der Waals surface area contributed by atoms with Gasteiger partial charge in [0.1, 0.15) is 18.3 Å². The fourth-order valence-electron chi connectivity index (χ4n) is 2.51. The minimum absolute atomic E-state index is 0.137. The molecule has 0 aliphatic heterocycles. The number of carbonyl (C=O) groups is 1. The molecule has 0 saturated heterocycles. The number of esters is 1. The molecule has 4 unspecified atom stereocenters. The van der Waals surface area contributed by atoms with E-state index in [-0.39, 0.29) is 6.61 Å². The molecular weight excluding hydrogens is 328 g/mol. The average molecular weight is 364 g/mol. The van der Waals surface area contributed by atoms with Crippen LogP contribution in [0.4, 0.5) is 0 Å². The first kappa shape index (κ1) is 24.3. The normalized spacial score (nSPS) is 16.2. The highest BCUT2D eigenvalue weighted by atomic mass is 16.5. The van der Waals surface area contributed by atoms with Crippen LogP contribution in [0.2, 0.25) is 0 Å². The summed E-state index contributed by atoms with van der Waals surface area (Å²) in [7, 11) is 0. The SMILES string of the molecule is CCCCCCCCCCCCOC(=O)C(O)C(O)C(O)C(O)CO. The number of unbranched alkanes of at least 4 members (excludes halogenated alkanes) is 9. The molecule has 0 aliphatic carbocycles. The highest BCUT2D eigenvalue weighted by Gasteiger charge is 2.35. The topological polar surface area (TPSA) is 127 Å². The Balaban J connectivity index is 3.66. The van der Waals surface area contributed by atoms with Crippen molar-refractivity contribution >= 4 is 5.97 Å². The van der Waals surface area contributed by atoms with Crippen LogP contribution in [0.1, 0.15) is 71.1 Å². The molecule has 0 bridgehead atoms. The Kier molecular flexibility index (Phi) is 15.1. The number of hydrogen-bond acceptors (Lipinski definition) is 7. The molecule has 5 N–H and O–H groups in total. The number of carbonyl (C=O) groups excluding carboxylic acids is 1. The van der Waals surface area contributed by atoms with Crippen molar-refractivity contribution in [1.29, 1.82) is 0 Å². The molecule has 0 rings (SSSR count). The number of aliphatic hydroxyl groups is 5. The molecule has 7 nitrogen and oxygen atoms in total. The van der Waals surface area contributed by atoms with Crippen LogP contribution < -0.4 is 0 Å². The fraction of sp³-hybridized carbons (Fsp3) is 0.944. The van der Waals surface area contributed by atoms with Crippen LogP contribution in [0.5, 0.6) is 0 Å². The number of aliphatic hydroxyl groups excluding tert-OH is 5. The van der Waals surface area contributed by atoms with Gasteiger partial charge in [-0.3, -0.25) is 0 Å². The molecule has 0 aromatic heterocycles. The van der Waals surface area contributed by atoms with E-state index in [0.29, 0.717) is 6.42 Å². The molecule has 0 aromatic carbocycles. The molecule has 0 aliphatic rings. The molecule has 0 aromatic rings. The van der Waals surface area contributed by atoms with Crippen molar-refractivity contribution in [3.8, 4) is 0 Å². The Morgan fingerprint density at radius 3 is 1.76 bits per heavy atom. The summed E-state index contributed by atoms with van der Waals surface area (Å²) in [5.74, 6) is -1.05. The lowest BCUT2D eigenvalue weighted by Gasteiger charge is -2.24. The number of ether oxygens (including phenoxy) is 1. The largest absolute Gasteiger partial charge is 0.464 e. The average Bonchev–Trinajstić information content (AvgIpc) is 2.63. The van der Waals surface area contributed by atoms with E-state index in [2.05, 4.69) is 6.92 Å². The zero-order valence-electron chi connectivity index (χ0n) is 15.3. The predicted octanol–water partition coefficient (Wildman–Crippen LogP) is 0.886. The second kappa shape index (κ2) is 15.5. The predicted molar refractivity (Wildman–Crippen MR) is 93.9 cm³/mol. The van der Waals surface area contributed by atoms with Gasteiger partial charge in [0.05, 0.1) is 13.2 Å². The van der Waals surface area contributed by atoms with Gasteiger partial charge < -0.3 is 30.3 Å². The first-order valence-corrected chi connectivity index (χ1v) is 9.45. The zero-order chi connectivity index (χ0) is 19.1. The Morgan fingerprint density at radius 1 is 0.800 bits per heavy atom. The molecule has 0 amide bonds. The van der Waals surface area contributed by atoms with Gasteiger partial charge in [-0.15, -0.1) is 0 Å². The maximum Gasteiger partial charge on any atom is 0.337 e. The van der Waals surface area contributed by atoms with Crippen molar-refractivity contribution in [3.05, 3.63) is 0 Å². The van der Waals surface area contributed by atoms with Gasteiger partial charge in [0.25, 0.3) is 0 Å². The first-order valence-electron chi connectivity index (χ1n) is 9.45. The lowest BCUT2D eigenvalue weighted by molar-refractivity contribution is -0.170. The summed E-state index contributed by atoms with van der Waals surface area (Å²) in [4.78, 5) is 11.6. The summed E-state index contributed by atoms with van der Waals surface area (Å²) < 4.78 is 4.86. The smallest absolute Gasteiger partial charge is 0.337 e. The second-order valence-corrected chi connectivity index (χ2v) is 6.53. The number of rotatable bonds is 16. The van der Waals surface area contributed by atoms with Crippen LogP contribution in [0.15, 0.2) is 0 Å². The van der Waals surface area contributed by atoms with Gasteiger partial charge in [-0.05, 0) is 6.42 Å². The molecule has 0 fully saturated rings. The van der Waals surface area contributed by atoms with Gasteiger partial charge in [-0.1, -0.05) is 64.7 Å². The molecule has 0 heterocycles. The Labute approximate surface area is 150 Å². The minimum Gasteiger partial charge on any atom is -0.464 e. The van der Waals surface area contributed by atoms with Gasteiger partial charge in [-0.2, -0.15) is 0 Å². The van der Waals surface area contributed by atoms with Crippen LogP contribution in [-0.4, -0.2) is 69.1 Å². The third-order valence-corrected chi connectivity index (χ3v) is 4.24. The van der Waals surface area contributed by atoms with Gasteiger partial charge in [0.2, 0.25) is 0 Å². The van der Waals surface area contributed by atoms with E-state index in [1.165, 1.54) is 38.5 Å². The molecular formula is C18H36O7. The van der Waals surface area contributed by atoms with Crippen LogP contribution in [0, 0.1) is 0 Å².